The molecule has 4 heteroatoms. The fourth-order valence-electron chi connectivity index (χ4n) is 1.74. The summed E-state index contributed by atoms with van der Waals surface area (Å²) in [7, 11) is 0. The third-order valence-corrected chi connectivity index (χ3v) is 2.90. The van der Waals surface area contributed by atoms with Crippen LogP contribution in [0.1, 0.15) is 32.3 Å². The Labute approximate surface area is 109 Å². The van der Waals surface area contributed by atoms with Crippen molar-refractivity contribution in [3.05, 3.63) is 24.0 Å². The summed E-state index contributed by atoms with van der Waals surface area (Å²) in [6, 6.07) is 2.62. The Hall–Kier alpha value is -1.13. The molecule has 0 bridgehead atoms. The Morgan fingerprint density at radius 2 is 2.33 bits per heavy atom. The van der Waals surface area contributed by atoms with Crippen LogP contribution in [-0.2, 0) is 11.3 Å². The van der Waals surface area contributed by atoms with Gasteiger partial charge in [0.05, 0.1) is 6.61 Å². The maximum Gasteiger partial charge on any atom is 0.127 e. The molecule has 1 saturated carbocycles. The zero-order valence-corrected chi connectivity index (χ0v) is 11.2. The summed E-state index contributed by atoms with van der Waals surface area (Å²) in [6.07, 6.45) is 6.28. The van der Waals surface area contributed by atoms with Gasteiger partial charge in [-0.25, -0.2) is 0 Å². The van der Waals surface area contributed by atoms with E-state index in [-0.39, 0.29) is 6.10 Å². The zero-order valence-electron chi connectivity index (χ0n) is 11.2. The van der Waals surface area contributed by atoms with Crippen molar-refractivity contribution in [2.75, 3.05) is 13.2 Å². The molecule has 1 fully saturated rings. The van der Waals surface area contributed by atoms with Crippen LogP contribution in [-0.4, -0.2) is 30.3 Å². The molecular weight excluding hydrogens is 228 g/mol. The number of aromatic nitrogens is 1. The molecular formula is C14H22N2O2. The fraction of sp³-hybridized carbons (Fsp3) is 0.643. The number of nitrogens with zero attached hydrogens (tertiary/aromatic N) is 1. The molecule has 100 valence electrons. The largest absolute Gasteiger partial charge is 0.488 e. The Morgan fingerprint density at radius 1 is 1.50 bits per heavy atom. The molecule has 0 aromatic carbocycles. The highest BCUT2D eigenvalue weighted by Gasteiger charge is 2.20. The van der Waals surface area contributed by atoms with Crippen LogP contribution in [0.15, 0.2) is 18.5 Å². The second-order valence-electron chi connectivity index (χ2n) is 4.73. The van der Waals surface area contributed by atoms with Crippen LogP contribution in [0.5, 0.6) is 5.75 Å². The molecule has 0 aliphatic heterocycles. The molecule has 0 radical (unpaired) electrons. The van der Waals surface area contributed by atoms with Crippen molar-refractivity contribution in [3.63, 3.8) is 0 Å². The predicted octanol–water partition coefficient (Wildman–Crippen LogP) is 2.14. The molecule has 1 unspecified atom stereocenters. The van der Waals surface area contributed by atoms with E-state index in [1.807, 2.05) is 26.1 Å². The summed E-state index contributed by atoms with van der Waals surface area (Å²) in [5, 5.41) is 3.48. The van der Waals surface area contributed by atoms with Gasteiger partial charge >= 0.3 is 0 Å². The van der Waals surface area contributed by atoms with Crippen LogP contribution in [0.3, 0.4) is 0 Å². The average molecular weight is 250 g/mol. The normalized spacial score (nSPS) is 16.6. The van der Waals surface area contributed by atoms with Crippen molar-refractivity contribution in [3.8, 4) is 5.75 Å². The predicted molar refractivity (Wildman–Crippen MR) is 70.7 cm³/mol. The molecule has 4 nitrogen and oxygen atoms in total. The minimum Gasteiger partial charge on any atom is -0.488 e. The summed E-state index contributed by atoms with van der Waals surface area (Å²) in [6.45, 7) is 6.18. The Balaban J connectivity index is 1.88. The lowest BCUT2D eigenvalue weighted by Crippen LogP contribution is -2.21. The zero-order chi connectivity index (χ0) is 12.8. The lowest BCUT2D eigenvalue weighted by molar-refractivity contribution is 0.0651. The summed E-state index contributed by atoms with van der Waals surface area (Å²) in [4.78, 5) is 4.16. The standard InChI is InChI=1S/C14H22N2O2/c1-3-17-10-11(2)18-14-6-7-15-8-12(14)9-16-13-4-5-13/h6-8,11,13,16H,3-5,9-10H2,1-2H3. The molecule has 0 saturated heterocycles. The average Bonchev–Trinajstić information content (AvgIpc) is 3.19. The SMILES string of the molecule is CCOCC(C)Oc1ccncc1CNC1CC1. The van der Waals surface area contributed by atoms with E-state index in [2.05, 4.69) is 10.3 Å². The minimum absolute atomic E-state index is 0.0621. The lowest BCUT2D eigenvalue weighted by Gasteiger charge is -2.17. The molecule has 1 heterocycles. The topological polar surface area (TPSA) is 43.4 Å². The molecule has 1 aliphatic rings. The van der Waals surface area contributed by atoms with Crippen molar-refractivity contribution in [2.45, 2.75) is 45.4 Å². The Kier molecular flexibility index (Phi) is 4.96. The van der Waals surface area contributed by atoms with E-state index < -0.39 is 0 Å². The van der Waals surface area contributed by atoms with E-state index in [4.69, 9.17) is 9.47 Å². The summed E-state index contributed by atoms with van der Waals surface area (Å²) in [5.41, 5.74) is 1.12. The molecule has 0 amide bonds. The number of ether oxygens (including phenoxy) is 2. The first-order valence-corrected chi connectivity index (χ1v) is 6.70. The lowest BCUT2D eigenvalue weighted by atomic mass is 10.2. The van der Waals surface area contributed by atoms with E-state index in [9.17, 15) is 0 Å². The van der Waals surface area contributed by atoms with Crippen LogP contribution in [0.25, 0.3) is 0 Å². The maximum atomic E-state index is 5.90. The van der Waals surface area contributed by atoms with Crippen molar-refractivity contribution >= 4 is 0 Å². The van der Waals surface area contributed by atoms with E-state index >= 15 is 0 Å². The second kappa shape index (κ2) is 6.71. The first-order chi connectivity index (χ1) is 8.79. The first kappa shape index (κ1) is 13.3. The van der Waals surface area contributed by atoms with Gasteiger partial charge in [-0.15, -0.1) is 0 Å². The minimum atomic E-state index is 0.0621. The summed E-state index contributed by atoms with van der Waals surface area (Å²) >= 11 is 0. The molecule has 1 aromatic heterocycles. The molecule has 1 N–H and O–H groups in total. The highest BCUT2D eigenvalue weighted by Crippen LogP contribution is 2.22. The highest BCUT2D eigenvalue weighted by atomic mass is 16.5. The number of nitrogens with one attached hydrogen (secondary N) is 1. The molecule has 0 spiro atoms. The smallest absolute Gasteiger partial charge is 0.127 e. The third kappa shape index (κ3) is 4.27. The molecule has 18 heavy (non-hydrogen) atoms. The van der Waals surface area contributed by atoms with E-state index in [0.29, 0.717) is 12.6 Å². The van der Waals surface area contributed by atoms with E-state index in [1.54, 1.807) is 6.20 Å². The van der Waals surface area contributed by atoms with Crippen LogP contribution in [0, 0.1) is 0 Å². The van der Waals surface area contributed by atoms with Gasteiger partial charge in [0, 0.05) is 37.2 Å². The van der Waals surface area contributed by atoms with Gasteiger partial charge in [0.2, 0.25) is 0 Å². The van der Waals surface area contributed by atoms with Gasteiger partial charge < -0.3 is 14.8 Å². The Bertz CT molecular complexity index is 367. The first-order valence-electron chi connectivity index (χ1n) is 6.70. The maximum absolute atomic E-state index is 5.90. The van der Waals surface area contributed by atoms with Gasteiger partial charge in [0.25, 0.3) is 0 Å². The van der Waals surface area contributed by atoms with Gasteiger partial charge in [-0.3, -0.25) is 4.98 Å². The number of hydrogen-bond acceptors (Lipinski definition) is 4. The number of pyridine rings is 1. The van der Waals surface area contributed by atoms with Crippen molar-refractivity contribution in [1.29, 1.82) is 0 Å². The van der Waals surface area contributed by atoms with Crippen LogP contribution in [0.4, 0.5) is 0 Å². The van der Waals surface area contributed by atoms with Gasteiger partial charge in [-0.2, -0.15) is 0 Å². The molecule has 1 atom stereocenters. The van der Waals surface area contributed by atoms with E-state index in [1.165, 1.54) is 12.8 Å². The van der Waals surface area contributed by atoms with Gasteiger partial charge in [0.15, 0.2) is 0 Å². The quantitative estimate of drug-likeness (QED) is 0.767. The van der Waals surface area contributed by atoms with Crippen molar-refractivity contribution in [2.24, 2.45) is 0 Å². The van der Waals surface area contributed by atoms with E-state index in [0.717, 1.165) is 24.5 Å². The van der Waals surface area contributed by atoms with Gasteiger partial charge in [0.1, 0.15) is 11.9 Å². The number of hydrogen-bond donors (Lipinski definition) is 1. The van der Waals surface area contributed by atoms with Crippen molar-refractivity contribution < 1.29 is 9.47 Å². The molecule has 1 aliphatic carbocycles. The Morgan fingerprint density at radius 3 is 3.06 bits per heavy atom. The molecule has 2 rings (SSSR count). The summed E-state index contributed by atoms with van der Waals surface area (Å²) in [5.74, 6) is 0.908. The highest BCUT2D eigenvalue weighted by molar-refractivity contribution is 5.30. The fourth-order valence-corrected chi connectivity index (χ4v) is 1.74. The number of rotatable bonds is 8. The van der Waals surface area contributed by atoms with Gasteiger partial charge in [-0.1, -0.05) is 0 Å². The van der Waals surface area contributed by atoms with Crippen LogP contribution < -0.4 is 10.1 Å². The van der Waals surface area contributed by atoms with Crippen LogP contribution in [0.2, 0.25) is 0 Å². The summed E-state index contributed by atoms with van der Waals surface area (Å²) < 4.78 is 11.3. The third-order valence-electron chi connectivity index (χ3n) is 2.90. The van der Waals surface area contributed by atoms with Crippen LogP contribution >= 0.6 is 0 Å². The molecule has 1 aromatic rings. The van der Waals surface area contributed by atoms with Gasteiger partial charge in [-0.05, 0) is 32.8 Å². The monoisotopic (exact) mass is 250 g/mol. The van der Waals surface area contributed by atoms with Crippen molar-refractivity contribution in [1.82, 2.24) is 10.3 Å². The second-order valence-corrected chi connectivity index (χ2v) is 4.73.